The molecular weight excluding hydrogens is 877 g/mol. The van der Waals surface area contributed by atoms with Gasteiger partial charge in [0.1, 0.15) is 12.1 Å². The maximum Gasteiger partial charge on any atom is 0.164 e. The van der Waals surface area contributed by atoms with Crippen molar-refractivity contribution in [2.24, 2.45) is 16.7 Å². The zero-order chi connectivity index (χ0) is 37.9. The van der Waals surface area contributed by atoms with Gasteiger partial charge in [-0.3, -0.25) is 9.78 Å². The SMILES string of the molecule is C=CSc1c[c-]c(-c2ncnc3c2sc2c3ccc3c(CC(C)C)c(C)sc32)cc1C(C)(C)C.CCC(C)(CC)C(=O)/C=C(\O)C(C)(CC)CC.[Ir]. The molecule has 0 saturated heterocycles. The van der Waals surface area contributed by atoms with E-state index in [9.17, 15) is 9.90 Å². The normalized spacial score (nSPS) is 12.7. The molecule has 0 atom stereocenters. The summed E-state index contributed by atoms with van der Waals surface area (Å²) >= 11 is 5.40. The molecule has 52 heavy (non-hydrogen) atoms. The summed E-state index contributed by atoms with van der Waals surface area (Å²) in [7, 11) is 0. The van der Waals surface area contributed by atoms with Gasteiger partial charge >= 0.3 is 0 Å². The molecule has 8 heteroatoms. The van der Waals surface area contributed by atoms with Gasteiger partial charge in [-0.1, -0.05) is 99.8 Å². The molecule has 0 aliphatic rings. The van der Waals surface area contributed by atoms with Crippen molar-refractivity contribution in [1.29, 1.82) is 0 Å². The number of aliphatic hydroxyl groups is 1. The van der Waals surface area contributed by atoms with E-state index in [0.717, 1.165) is 53.6 Å². The third kappa shape index (κ3) is 9.12. The molecule has 3 aromatic heterocycles. The number of nitrogens with zero attached hydrogens (tertiary/aromatic N) is 2. The first-order chi connectivity index (χ1) is 24.0. The number of allylic oxidation sites excluding steroid dienone is 2. The van der Waals surface area contributed by atoms with Crippen LogP contribution in [0.25, 0.3) is 41.6 Å². The van der Waals surface area contributed by atoms with Gasteiger partial charge in [0.05, 0.1) is 14.9 Å². The average molecular weight is 934 g/mol. The molecule has 0 saturated carbocycles. The van der Waals surface area contributed by atoms with Gasteiger partial charge < -0.3 is 5.11 Å². The van der Waals surface area contributed by atoms with Crippen LogP contribution in [0.5, 0.6) is 0 Å². The molecule has 283 valence electrons. The fourth-order valence-corrected chi connectivity index (χ4v) is 9.66. The first-order valence-electron chi connectivity index (χ1n) is 18.4. The minimum Gasteiger partial charge on any atom is -0.512 e. The average Bonchev–Trinajstić information content (AvgIpc) is 3.64. The van der Waals surface area contributed by atoms with E-state index in [2.05, 4.69) is 78.5 Å². The number of aromatic nitrogens is 2. The fourth-order valence-electron chi connectivity index (χ4n) is 6.28. The third-order valence-corrected chi connectivity index (χ3v) is 14.1. The van der Waals surface area contributed by atoms with Gasteiger partial charge in [-0.25, -0.2) is 4.98 Å². The number of thiophene rings is 2. The van der Waals surface area contributed by atoms with Gasteiger partial charge in [0.15, 0.2) is 5.78 Å². The Morgan fingerprint density at radius 2 is 1.54 bits per heavy atom. The van der Waals surface area contributed by atoms with Crippen LogP contribution in [0.2, 0.25) is 0 Å². The van der Waals surface area contributed by atoms with Crippen LogP contribution in [-0.4, -0.2) is 20.9 Å². The number of carbonyl (C=O) groups is 1. The summed E-state index contributed by atoms with van der Waals surface area (Å²) in [5, 5.41) is 14.6. The van der Waals surface area contributed by atoms with Crippen LogP contribution >= 0.6 is 34.4 Å². The van der Waals surface area contributed by atoms with Crippen LogP contribution in [0.3, 0.4) is 0 Å². The standard InChI is InChI=1S/C29H29N2S3.C15H28O2.Ir/c1-8-32-23-12-9-18(14-22(23)29(5,6)7)24-28-25(31-15-30-24)20-11-10-19-21(13-16(2)3)17(4)33-26(19)27(20)34-28;1-7-14(5,8-2)12(16)11-13(17)15(6,9-3)10-4;/h8,10-12,14-16H,1,13H2,2-7H3;11,16H,7-10H2,1-6H3;/q-1;;/b;12-11-;. The molecular formula is C44H57IrN2O2S3-. The second-order valence-corrected chi connectivity index (χ2v) is 18.9. The Bertz CT molecular complexity index is 2060. The third-order valence-electron chi connectivity index (χ3n) is 10.8. The Morgan fingerprint density at radius 3 is 2.10 bits per heavy atom. The van der Waals surface area contributed by atoms with Gasteiger partial charge in [0.2, 0.25) is 0 Å². The number of benzene rings is 2. The minimum absolute atomic E-state index is 0. The smallest absolute Gasteiger partial charge is 0.164 e. The molecule has 4 nitrogen and oxygen atoms in total. The van der Waals surface area contributed by atoms with Gasteiger partial charge in [0.25, 0.3) is 0 Å². The van der Waals surface area contributed by atoms with Gasteiger partial charge in [-0.05, 0) is 66.7 Å². The Morgan fingerprint density at radius 1 is 0.942 bits per heavy atom. The van der Waals surface area contributed by atoms with Crippen molar-refractivity contribution in [3.63, 3.8) is 0 Å². The molecule has 0 fully saturated rings. The first-order valence-corrected chi connectivity index (χ1v) is 20.9. The number of hydrogen-bond donors (Lipinski definition) is 1. The second kappa shape index (κ2) is 17.9. The van der Waals surface area contributed by atoms with Crippen molar-refractivity contribution < 1.29 is 30.0 Å². The van der Waals surface area contributed by atoms with E-state index in [1.54, 1.807) is 18.1 Å². The monoisotopic (exact) mass is 934 g/mol. The Kier molecular flexibility index (Phi) is 15.1. The van der Waals surface area contributed by atoms with Crippen LogP contribution in [0.1, 0.15) is 118 Å². The number of fused-ring (bicyclic) bond motifs is 5. The van der Waals surface area contributed by atoms with E-state index in [1.165, 1.54) is 47.1 Å². The second-order valence-electron chi connectivity index (χ2n) is 15.6. The summed E-state index contributed by atoms with van der Waals surface area (Å²) in [6.07, 6.45) is 7.58. The van der Waals surface area contributed by atoms with E-state index in [1.807, 2.05) is 69.6 Å². The van der Waals surface area contributed by atoms with Crippen molar-refractivity contribution >= 4 is 70.6 Å². The molecule has 0 unspecified atom stereocenters. The Balaban J connectivity index is 0.000000347. The maximum atomic E-state index is 12.2. The number of carbonyl (C=O) groups excluding carboxylic acids is 1. The predicted octanol–water partition coefficient (Wildman–Crippen LogP) is 14.2. The largest absolute Gasteiger partial charge is 0.512 e. The number of aliphatic hydroxyl groups excluding tert-OH is 1. The summed E-state index contributed by atoms with van der Waals surface area (Å²) in [5.41, 5.74) is 5.22. The van der Waals surface area contributed by atoms with Crippen LogP contribution in [0.4, 0.5) is 0 Å². The van der Waals surface area contributed by atoms with Crippen molar-refractivity contribution in [3.8, 4) is 11.3 Å². The molecule has 0 spiro atoms. The Labute approximate surface area is 338 Å². The van der Waals surface area contributed by atoms with E-state index in [-0.39, 0.29) is 47.9 Å². The molecule has 5 aromatic rings. The summed E-state index contributed by atoms with van der Waals surface area (Å²) in [4.78, 5) is 24.3. The first kappa shape index (κ1) is 44.0. The number of hydrogen-bond acceptors (Lipinski definition) is 7. The molecule has 0 amide bonds. The van der Waals surface area contributed by atoms with E-state index < -0.39 is 0 Å². The maximum absolute atomic E-state index is 12.2. The Hall–Kier alpha value is -2.35. The number of thioether (sulfide) groups is 1. The molecule has 2 aromatic carbocycles. The summed E-state index contributed by atoms with van der Waals surface area (Å²) in [6, 6.07) is 12.4. The van der Waals surface area contributed by atoms with Crippen LogP contribution in [0.15, 0.2) is 59.3 Å². The fraction of sp³-hybridized carbons (Fsp3) is 0.477. The molecule has 0 aliphatic heterocycles. The van der Waals surface area contributed by atoms with Crippen molar-refractivity contribution in [3.05, 3.63) is 76.5 Å². The minimum atomic E-state index is -0.337. The van der Waals surface area contributed by atoms with Gasteiger partial charge in [-0.2, -0.15) is 11.8 Å². The van der Waals surface area contributed by atoms with Gasteiger partial charge in [0, 0.05) is 57.7 Å². The van der Waals surface area contributed by atoms with E-state index in [0.29, 0.717) is 5.92 Å². The predicted molar refractivity (Wildman–Crippen MR) is 226 cm³/mol. The van der Waals surface area contributed by atoms with Crippen LogP contribution in [-0.2, 0) is 36.7 Å². The molecule has 0 bridgehead atoms. The number of ketones is 1. The quantitative estimate of drug-likeness (QED) is 0.0584. The van der Waals surface area contributed by atoms with Gasteiger partial charge in [-0.15, -0.1) is 52.0 Å². The summed E-state index contributed by atoms with van der Waals surface area (Å²) in [6.45, 7) is 29.6. The zero-order valence-corrected chi connectivity index (χ0v) is 38.0. The topological polar surface area (TPSA) is 63.1 Å². The van der Waals surface area contributed by atoms with E-state index in [4.69, 9.17) is 9.97 Å². The number of aryl methyl sites for hydroxylation is 1. The molecule has 3 heterocycles. The molecule has 0 aliphatic carbocycles. The zero-order valence-electron chi connectivity index (χ0n) is 33.2. The molecule has 1 N–H and O–H groups in total. The number of rotatable bonds is 12. The summed E-state index contributed by atoms with van der Waals surface area (Å²) < 4.78 is 3.85. The molecule has 1 radical (unpaired) electrons. The van der Waals surface area contributed by atoms with E-state index >= 15 is 0 Å². The van der Waals surface area contributed by atoms with Crippen LogP contribution in [0, 0.1) is 29.7 Å². The van der Waals surface area contributed by atoms with Crippen molar-refractivity contribution in [2.75, 3.05) is 0 Å². The van der Waals surface area contributed by atoms with Crippen molar-refractivity contribution in [2.45, 2.75) is 125 Å². The van der Waals surface area contributed by atoms with Crippen LogP contribution < -0.4 is 0 Å². The van der Waals surface area contributed by atoms with Crippen molar-refractivity contribution in [1.82, 2.24) is 9.97 Å². The summed E-state index contributed by atoms with van der Waals surface area (Å²) in [5.74, 6) is 0.926. The molecule has 5 rings (SSSR count).